The molecule has 1 N–H and O–H groups in total. The molecule has 0 fully saturated rings. The van der Waals surface area contributed by atoms with Crippen molar-refractivity contribution in [2.45, 2.75) is 4.90 Å². The lowest BCUT2D eigenvalue weighted by molar-refractivity contribution is -0.114. The van der Waals surface area contributed by atoms with Crippen LogP contribution in [0.15, 0.2) is 71.6 Å². The molecule has 0 aliphatic heterocycles. The summed E-state index contributed by atoms with van der Waals surface area (Å²) in [5.41, 5.74) is 0.625. The monoisotopic (exact) mass is 498 g/mol. The van der Waals surface area contributed by atoms with E-state index in [9.17, 15) is 13.2 Å². The summed E-state index contributed by atoms with van der Waals surface area (Å²) < 4.78 is 32.8. The normalized spacial score (nSPS) is 11.1. The highest BCUT2D eigenvalue weighted by atomic mass is 35.5. The highest BCUT2D eigenvalue weighted by Gasteiger charge is 2.27. The summed E-state index contributed by atoms with van der Waals surface area (Å²) in [5, 5.41) is 3.55. The molecule has 31 heavy (non-hydrogen) atoms. The third kappa shape index (κ3) is 5.62. The number of carbonyl (C=O) groups excluding carboxylic acids is 1. The molecule has 0 spiro atoms. The van der Waals surface area contributed by atoms with E-state index in [0.29, 0.717) is 21.5 Å². The van der Waals surface area contributed by atoms with Crippen molar-refractivity contribution in [3.8, 4) is 5.75 Å². The molecule has 0 heterocycles. The van der Waals surface area contributed by atoms with Gasteiger partial charge in [-0.25, -0.2) is 8.42 Å². The average Bonchev–Trinajstić information content (AvgIpc) is 2.74. The smallest absolute Gasteiger partial charge is 0.264 e. The van der Waals surface area contributed by atoms with Gasteiger partial charge in [0.1, 0.15) is 12.3 Å². The summed E-state index contributed by atoms with van der Waals surface area (Å²) in [6, 6.07) is 16.7. The van der Waals surface area contributed by atoms with Gasteiger partial charge in [-0.3, -0.25) is 9.10 Å². The molecule has 162 valence electrons. The van der Waals surface area contributed by atoms with Crippen molar-refractivity contribution in [2.75, 3.05) is 23.3 Å². The summed E-state index contributed by atoms with van der Waals surface area (Å²) in [7, 11) is -2.61. The minimum atomic E-state index is -4.09. The van der Waals surface area contributed by atoms with E-state index in [0.717, 1.165) is 4.31 Å². The fourth-order valence-electron chi connectivity index (χ4n) is 2.73. The number of rotatable bonds is 7. The number of sulfonamides is 1. The number of hydrogen-bond acceptors (Lipinski definition) is 4. The summed E-state index contributed by atoms with van der Waals surface area (Å²) in [4.78, 5) is 12.7. The van der Waals surface area contributed by atoms with Crippen LogP contribution in [-0.2, 0) is 14.8 Å². The van der Waals surface area contributed by atoms with Gasteiger partial charge in [-0.1, -0.05) is 40.9 Å². The first kappa shape index (κ1) is 23.2. The van der Waals surface area contributed by atoms with E-state index in [1.54, 1.807) is 24.3 Å². The molecular formula is C21H17Cl3N2O4S. The third-order valence-electron chi connectivity index (χ3n) is 4.23. The number of anilines is 2. The first-order valence-corrected chi connectivity index (χ1v) is 11.5. The molecule has 6 nitrogen and oxygen atoms in total. The van der Waals surface area contributed by atoms with Gasteiger partial charge in [0.05, 0.1) is 27.7 Å². The molecule has 3 aromatic carbocycles. The van der Waals surface area contributed by atoms with Crippen molar-refractivity contribution in [3.05, 3.63) is 81.8 Å². The lowest BCUT2D eigenvalue weighted by Crippen LogP contribution is -2.38. The van der Waals surface area contributed by atoms with Gasteiger partial charge in [-0.15, -0.1) is 0 Å². The predicted molar refractivity (Wildman–Crippen MR) is 124 cm³/mol. The maximum Gasteiger partial charge on any atom is 0.264 e. The van der Waals surface area contributed by atoms with Gasteiger partial charge in [-0.2, -0.15) is 0 Å². The number of amides is 1. The van der Waals surface area contributed by atoms with Gasteiger partial charge in [0.2, 0.25) is 5.91 Å². The first-order valence-electron chi connectivity index (χ1n) is 8.88. The van der Waals surface area contributed by atoms with Gasteiger partial charge in [-0.05, 0) is 60.7 Å². The molecule has 0 aromatic heterocycles. The second kappa shape index (κ2) is 9.78. The number of benzene rings is 3. The third-order valence-corrected chi connectivity index (χ3v) is 7.00. The molecule has 0 bridgehead atoms. The van der Waals surface area contributed by atoms with E-state index in [1.165, 1.54) is 49.6 Å². The van der Waals surface area contributed by atoms with Crippen molar-refractivity contribution >= 4 is 62.1 Å². The first-order chi connectivity index (χ1) is 14.7. The molecule has 0 aliphatic rings. The second-order valence-corrected chi connectivity index (χ2v) is 9.46. The zero-order valence-corrected chi connectivity index (χ0v) is 19.3. The highest BCUT2D eigenvalue weighted by molar-refractivity contribution is 7.92. The molecule has 10 heteroatoms. The maximum atomic E-state index is 13.4. The molecular weight excluding hydrogens is 483 g/mol. The summed E-state index contributed by atoms with van der Waals surface area (Å²) >= 11 is 17.9. The van der Waals surface area contributed by atoms with Crippen molar-refractivity contribution < 1.29 is 17.9 Å². The summed E-state index contributed by atoms with van der Waals surface area (Å²) in [5.74, 6) is -0.0685. The van der Waals surface area contributed by atoms with E-state index in [4.69, 9.17) is 39.5 Å². The Bertz CT molecular complexity index is 1200. The Labute approximate surface area is 195 Å². The zero-order valence-electron chi connectivity index (χ0n) is 16.2. The molecule has 3 rings (SSSR count). The molecule has 3 aromatic rings. The lowest BCUT2D eigenvalue weighted by Gasteiger charge is -2.24. The molecule has 0 atom stereocenters. The fourth-order valence-corrected chi connectivity index (χ4v) is 4.62. The Morgan fingerprint density at radius 2 is 1.68 bits per heavy atom. The molecule has 0 aliphatic carbocycles. The van der Waals surface area contributed by atoms with Gasteiger partial charge in [0.25, 0.3) is 10.0 Å². The van der Waals surface area contributed by atoms with Crippen LogP contribution < -0.4 is 14.4 Å². The number of halogens is 3. The largest absolute Gasteiger partial charge is 0.497 e. The van der Waals surface area contributed by atoms with Gasteiger partial charge >= 0.3 is 0 Å². The van der Waals surface area contributed by atoms with Crippen LogP contribution in [0.1, 0.15) is 0 Å². The minimum absolute atomic E-state index is 0.00406. The number of methoxy groups -OCH3 is 1. The van der Waals surface area contributed by atoms with Crippen LogP contribution in [0.4, 0.5) is 11.4 Å². The topological polar surface area (TPSA) is 75.7 Å². The van der Waals surface area contributed by atoms with Crippen LogP contribution in [0.5, 0.6) is 5.75 Å². The number of nitrogens with one attached hydrogen (secondary N) is 1. The van der Waals surface area contributed by atoms with Crippen molar-refractivity contribution in [2.24, 2.45) is 0 Å². The van der Waals surface area contributed by atoms with Crippen LogP contribution in [-0.4, -0.2) is 28.0 Å². The Balaban J connectivity index is 1.94. The highest BCUT2D eigenvalue weighted by Crippen LogP contribution is 2.28. The molecule has 0 saturated heterocycles. The SMILES string of the molecule is COc1ccc(S(=O)(=O)N(CC(=O)Nc2ccc(Cl)c(Cl)c2)c2cccc(Cl)c2)cc1. The van der Waals surface area contributed by atoms with E-state index >= 15 is 0 Å². The van der Waals surface area contributed by atoms with E-state index in [2.05, 4.69) is 5.32 Å². The van der Waals surface area contributed by atoms with E-state index < -0.39 is 22.5 Å². The number of ether oxygens (including phenoxy) is 1. The number of carbonyl (C=O) groups is 1. The quantitative estimate of drug-likeness (QED) is 0.466. The Morgan fingerprint density at radius 1 is 0.968 bits per heavy atom. The predicted octanol–water partition coefficient (Wildman–Crippen LogP) is 5.49. The van der Waals surface area contributed by atoms with Gasteiger partial charge < -0.3 is 10.1 Å². The van der Waals surface area contributed by atoms with Crippen molar-refractivity contribution in [1.82, 2.24) is 0 Å². The Kier molecular flexibility index (Phi) is 7.33. The van der Waals surface area contributed by atoms with Gasteiger partial charge in [0, 0.05) is 10.7 Å². The van der Waals surface area contributed by atoms with E-state index in [-0.39, 0.29) is 15.6 Å². The lowest BCUT2D eigenvalue weighted by atomic mass is 10.3. The van der Waals surface area contributed by atoms with Gasteiger partial charge in [0.15, 0.2) is 0 Å². The number of nitrogens with zero attached hydrogens (tertiary/aromatic N) is 1. The average molecular weight is 500 g/mol. The van der Waals surface area contributed by atoms with Crippen molar-refractivity contribution in [1.29, 1.82) is 0 Å². The minimum Gasteiger partial charge on any atom is -0.497 e. The molecule has 0 radical (unpaired) electrons. The molecule has 0 unspecified atom stereocenters. The van der Waals surface area contributed by atoms with Crippen LogP contribution >= 0.6 is 34.8 Å². The number of hydrogen-bond donors (Lipinski definition) is 1. The molecule has 0 saturated carbocycles. The van der Waals surface area contributed by atoms with Crippen LogP contribution in [0.25, 0.3) is 0 Å². The zero-order chi connectivity index (χ0) is 22.6. The summed E-state index contributed by atoms with van der Waals surface area (Å²) in [6.07, 6.45) is 0. The van der Waals surface area contributed by atoms with Crippen LogP contribution in [0.2, 0.25) is 15.1 Å². The second-order valence-electron chi connectivity index (χ2n) is 6.34. The maximum absolute atomic E-state index is 13.4. The molecule has 1 amide bonds. The fraction of sp³-hybridized carbons (Fsp3) is 0.0952. The van der Waals surface area contributed by atoms with Crippen LogP contribution in [0.3, 0.4) is 0 Å². The van der Waals surface area contributed by atoms with E-state index in [1.807, 2.05) is 0 Å². The van der Waals surface area contributed by atoms with Crippen LogP contribution in [0, 0.1) is 0 Å². The Morgan fingerprint density at radius 3 is 2.29 bits per heavy atom. The summed E-state index contributed by atoms with van der Waals surface area (Å²) in [6.45, 7) is -0.491. The van der Waals surface area contributed by atoms with Crippen molar-refractivity contribution in [3.63, 3.8) is 0 Å². The standard InChI is InChI=1S/C21H17Cl3N2O4S/c1-30-17-6-8-18(9-7-17)31(28,29)26(16-4-2-3-14(22)11-16)13-21(27)25-15-5-10-19(23)20(24)12-15/h2-12H,13H2,1H3,(H,25,27). The Hall–Kier alpha value is -2.45.